The number of rotatable bonds is 43. The number of unbranched alkanes of at least 4 members (excludes halogenated alkanes) is 5. The van der Waals surface area contributed by atoms with Crippen molar-refractivity contribution in [3.05, 3.63) is 0 Å². The van der Waals surface area contributed by atoms with Gasteiger partial charge < -0.3 is 8.97 Å². The molecule has 0 aromatic heterocycles. The van der Waals surface area contributed by atoms with Crippen molar-refractivity contribution < 1.29 is 8.97 Å². The molecule has 0 aliphatic heterocycles. The van der Waals surface area contributed by atoms with E-state index in [4.69, 9.17) is 0 Å². The second-order valence-corrected chi connectivity index (χ2v) is 34.1. The zero-order valence-corrected chi connectivity index (χ0v) is 59.2. The summed E-state index contributed by atoms with van der Waals surface area (Å²) >= 11 is 7.64. The summed E-state index contributed by atoms with van der Waals surface area (Å²) in [6.45, 7) is 20.3. The van der Waals surface area contributed by atoms with Gasteiger partial charge in [-0.25, -0.2) is 0 Å². The summed E-state index contributed by atoms with van der Waals surface area (Å²) < 4.78 is 2.49. The maximum absolute atomic E-state index is 3.82. The van der Waals surface area contributed by atoms with Gasteiger partial charge in [0, 0.05) is 10.7 Å². The summed E-state index contributed by atoms with van der Waals surface area (Å²) in [5.41, 5.74) is 0. The van der Waals surface area contributed by atoms with Gasteiger partial charge in [-0.2, -0.15) is 0 Å². The Labute approximate surface area is 520 Å². The van der Waals surface area contributed by atoms with Crippen molar-refractivity contribution in [3.63, 3.8) is 0 Å². The Morgan fingerprint density at radius 1 is 0.237 bits per heavy atom. The highest BCUT2D eigenvalue weighted by molar-refractivity contribution is 9.09. The lowest BCUT2D eigenvalue weighted by Crippen LogP contribution is -2.42. The van der Waals surface area contributed by atoms with Gasteiger partial charge >= 0.3 is 0 Å². The Balaban J connectivity index is 0.821. The quantitative estimate of drug-likeness (QED) is 0.0324. The lowest BCUT2D eigenvalue weighted by atomic mass is 9.84. The average molecular weight is 1250 g/mol. The topological polar surface area (TPSA) is 0 Å². The van der Waals surface area contributed by atoms with Crippen molar-refractivity contribution in [2.24, 2.45) is 107 Å². The highest BCUT2D eigenvalue weighted by atomic mass is 79.9. The zero-order valence-electron chi connectivity index (χ0n) is 56.0. The van der Waals surface area contributed by atoms with Gasteiger partial charge in [0.15, 0.2) is 0 Å². The van der Waals surface area contributed by atoms with Crippen molar-refractivity contribution >= 4 is 31.9 Å². The van der Waals surface area contributed by atoms with E-state index in [-0.39, 0.29) is 0 Å². The van der Waals surface area contributed by atoms with E-state index in [1.54, 1.807) is 128 Å². The minimum atomic E-state index is 1.00. The normalized spacial score (nSPS) is 35.0. The summed E-state index contributed by atoms with van der Waals surface area (Å²) in [6.07, 6.45) is 63.0. The van der Waals surface area contributed by atoms with Crippen LogP contribution < -0.4 is 0 Å². The Bertz CT molecular complexity index is 1580. The summed E-state index contributed by atoms with van der Waals surface area (Å²) in [4.78, 5) is 0. The number of quaternary nitrogens is 2. The Hall–Kier alpha value is 0.880. The molecular weight excluding hydrogens is 1100 g/mol. The van der Waals surface area contributed by atoms with E-state index in [9.17, 15) is 0 Å². The van der Waals surface area contributed by atoms with Crippen LogP contribution in [-0.4, -0.2) is 74.0 Å². The van der Waals surface area contributed by atoms with E-state index in [2.05, 4.69) is 102 Å². The fraction of sp³-hybridized carbons (Fsp3) is 1.00. The molecule has 6 aliphatic rings. The van der Waals surface area contributed by atoms with Crippen LogP contribution >= 0.6 is 31.9 Å². The van der Waals surface area contributed by atoms with Gasteiger partial charge in [0.25, 0.3) is 0 Å². The molecule has 6 fully saturated rings. The molecule has 470 valence electrons. The van der Waals surface area contributed by atoms with Crippen molar-refractivity contribution in [1.82, 2.24) is 0 Å². The average Bonchev–Trinajstić information content (AvgIpc) is 4.33. The lowest BCUT2D eigenvalue weighted by Gasteiger charge is -2.31. The van der Waals surface area contributed by atoms with Crippen LogP contribution in [0.2, 0.25) is 0 Å². The molecule has 0 spiro atoms. The number of hydrogen-bond donors (Lipinski definition) is 0. The van der Waals surface area contributed by atoms with E-state index >= 15 is 0 Å². The largest absolute Gasteiger partial charge is 0.328 e. The first-order valence-electron chi connectivity index (χ1n) is 37.5. The molecule has 18 unspecified atom stereocenters. The van der Waals surface area contributed by atoms with Crippen LogP contribution in [0, 0.1) is 107 Å². The zero-order chi connectivity index (χ0) is 57.3. The first-order valence-corrected chi connectivity index (χ1v) is 39.7. The molecule has 0 N–H and O–H groups in total. The predicted molar refractivity (Wildman–Crippen MR) is 362 cm³/mol. The monoisotopic (exact) mass is 1240 g/mol. The third-order valence-electron chi connectivity index (χ3n) is 25.8. The molecule has 6 aliphatic carbocycles. The first kappa shape index (κ1) is 70.0. The van der Waals surface area contributed by atoms with Crippen molar-refractivity contribution in [1.29, 1.82) is 0 Å². The molecule has 0 amide bonds. The highest BCUT2D eigenvalue weighted by Gasteiger charge is 2.41. The van der Waals surface area contributed by atoms with Crippen LogP contribution in [0.25, 0.3) is 0 Å². The van der Waals surface area contributed by atoms with E-state index in [1.807, 2.05) is 0 Å². The summed E-state index contributed by atoms with van der Waals surface area (Å²) in [7, 11) is 10.2. The Morgan fingerprint density at radius 2 is 0.475 bits per heavy atom. The predicted octanol–water partition coefficient (Wildman–Crippen LogP) is 23.6. The second kappa shape index (κ2) is 37.7. The van der Waals surface area contributed by atoms with E-state index < -0.39 is 0 Å². The number of nitrogens with zero attached hydrogens (tertiary/aromatic N) is 2. The van der Waals surface area contributed by atoms with Gasteiger partial charge in [-0.15, -0.1) is 0 Å². The summed E-state index contributed by atoms with van der Waals surface area (Å²) in [6, 6.07) is 0. The van der Waals surface area contributed by atoms with Gasteiger partial charge in [-0.3, -0.25) is 0 Å². The minimum absolute atomic E-state index is 1.00. The van der Waals surface area contributed by atoms with Crippen molar-refractivity contribution in [3.8, 4) is 0 Å². The van der Waals surface area contributed by atoms with Crippen LogP contribution in [0.1, 0.15) is 311 Å². The smallest absolute Gasteiger partial charge is 0.0782 e. The van der Waals surface area contributed by atoms with Crippen molar-refractivity contribution in [2.75, 3.05) is 65.0 Å². The fourth-order valence-electron chi connectivity index (χ4n) is 20.8. The number of hydrogen-bond acceptors (Lipinski definition) is 0. The fourth-order valence-corrected chi connectivity index (χ4v) is 21.4. The van der Waals surface area contributed by atoms with Gasteiger partial charge in [0.05, 0.1) is 54.4 Å². The molecule has 4 heteroatoms. The van der Waals surface area contributed by atoms with E-state index in [0.29, 0.717) is 0 Å². The highest BCUT2D eigenvalue weighted by Crippen LogP contribution is 2.52. The Kier molecular flexibility index (Phi) is 32.9. The lowest BCUT2D eigenvalue weighted by molar-refractivity contribution is -0.891. The van der Waals surface area contributed by atoms with E-state index in [1.165, 1.54) is 187 Å². The maximum Gasteiger partial charge on any atom is 0.0782 e. The van der Waals surface area contributed by atoms with Gasteiger partial charge in [-0.1, -0.05) is 163 Å². The van der Waals surface area contributed by atoms with Crippen LogP contribution in [0.3, 0.4) is 0 Å². The molecule has 80 heavy (non-hydrogen) atoms. The molecule has 0 radical (unpaired) electrons. The molecule has 6 saturated carbocycles. The molecular formula is C76H144Br2N2+2. The van der Waals surface area contributed by atoms with Gasteiger partial charge in [0.2, 0.25) is 0 Å². The first-order chi connectivity index (χ1) is 38.7. The summed E-state index contributed by atoms with van der Waals surface area (Å²) in [5.74, 6) is 18.5. The maximum atomic E-state index is 3.82. The summed E-state index contributed by atoms with van der Waals surface area (Å²) in [5, 5.41) is 2.41. The number of alkyl halides is 2. The van der Waals surface area contributed by atoms with Crippen LogP contribution in [-0.2, 0) is 0 Å². The molecule has 0 heterocycles. The minimum Gasteiger partial charge on any atom is -0.328 e. The Morgan fingerprint density at radius 3 is 0.750 bits per heavy atom. The molecule has 0 aromatic carbocycles. The van der Waals surface area contributed by atoms with Crippen LogP contribution in [0.5, 0.6) is 0 Å². The molecule has 2 nitrogen and oxygen atoms in total. The molecule has 0 bridgehead atoms. The van der Waals surface area contributed by atoms with Crippen molar-refractivity contribution in [2.45, 2.75) is 311 Å². The number of halogens is 2. The SMILES string of the molecule is CCCCC1CC(CCC2CC(CCC3CC(CC)CC3CCC[N+](C)(C)CCCCCC[N+](C)(C)CCCC3CC(CCC4CC(CCC5CC(CC)CC5CCCC)CC4CCCBr)CC3CC)CC2CCCBr)CC1CC. The standard InChI is InChI=1S/C76H144Br2N2/c1-11-17-27-67-53-61(51-65(67)15-5)33-39-75-58-64(56-71(75)30-24-42-78)36-38-74-50-60(14-4)48-72(74)32-26-46-80(9,10)44-22-20-19-21-43-79(7,8)45-25-31-68-54-62(52-66(68)16-6)34-40-76-57-63(55-70(76)29-23-41-77)35-37-73-49-59(13-3)47-69(73)28-18-12-2/h59-76H,11-58H2,1-10H3/q+2. The molecule has 6 rings (SSSR count). The van der Waals surface area contributed by atoms with E-state index in [0.717, 1.165) is 107 Å². The molecule has 0 aromatic rings. The van der Waals surface area contributed by atoms with Gasteiger partial charge in [0.1, 0.15) is 0 Å². The molecule has 18 atom stereocenters. The second-order valence-electron chi connectivity index (χ2n) is 32.5. The third-order valence-corrected chi connectivity index (χ3v) is 27.0. The van der Waals surface area contributed by atoms with Crippen LogP contribution in [0.15, 0.2) is 0 Å². The van der Waals surface area contributed by atoms with Crippen LogP contribution in [0.4, 0.5) is 0 Å². The van der Waals surface area contributed by atoms with Gasteiger partial charge in [-0.05, 0) is 286 Å². The molecule has 0 saturated heterocycles. The third kappa shape index (κ3) is 23.8.